The quantitative estimate of drug-likeness (QED) is 0.309. The number of nitrogens with zero attached hydrogens (tertiary/aromatic N) is 3. The van der Waals surface area contributed by atoms with Gasteiger partial charge in [0, 0.05) is 32.6 Å². The number of benzene rings is 1. The summed E-state index contributed by atoms with van der Waals surface area (Å²) in [6, 6.07) is 1.96. The normalized spacial score (nSPS) is 30.6. The van der Waals surface area contributed by atoms with E-state index >= 15 is 0 Å². The number of carbonyl (C=O) groups excluding carboxylic acids is 6. The molecule has 15 nitrogen and oxygen atoms in total. The molecule has 4 N–H and O–H groups in total. The number of aliphatic hydroxyl groups excluding tert-OH is 2. The van der Waals surface area contributed by atoms with Gasteiger partial charge in [0.1, 0.15) is 36.0 Å². The van der Waals surface area contributed by atoms with E-state index in [2.05, 4.69) is 10.6 Å². The Morgan fingerprint density at radius 3 is 2.13 bits per heavy atom. The maximum absolute atomic E-state index is 14.6. The molecule has 0 spiro atoms. The topological polar surface area (TPSA) is 195 Å². The Hall–Kier alpha value is -4.50. The molecule has 0 bridgehead atoms. The molecule has 0 saturated carbocycles. The third-order valence-electron chi connectivity index (χ3n) is 12.3. The van der Waals surface area contributed by atoms with Crippen LogP contribution in [0, 0.1) is 23.2 Å². The summed E-state index contributed by atoms with van der Waals surface area (Å²) in [5.74, 6) is -3.96. The molecule has 3 unspecified atom stereocenters. The molecule has 0 radical (unpaired) electrons. The number of nitrogens with one attached hydrogen (secondary N) is 2. The minimum atomic E-state index is -1.16. The summed E-state index contributed by atoms with van der Waals surface area (Å²) >= 11 is 0. The summed E-state index contributed by atoms with van der Waals surface area (Å²) in [5.41, 5.74) is 0.305. The Labute approximate surface area is 356 Å². The number of esters is 1. The summed E-state index contributed by atoms with van der Waals surface area (Å²) in [5, 5.41) is 26.9. The highest BCUT2D eigenvalue weighted by atomic mass is 16.5. The molecule has 1 aromatic carbocycles. The van der Waals surface area contributed by atoms with Gasteiger partial charge in [0.2, 0.25) is 29.5 Å². The summed E-state index contributed by atoms with van der Waals surface area (Å²) in [4.78, 5) is 88.5. The minimum absolute atomic E-state index is 0.0490. The molecule has 3 rings (SSSR count). The molecule has 1 aromatic rings. The fourth-order valence-electron chi connectivity index (χ4n) is 7.84. The Kier molecular flexibility index (Phi) is 18.2. The van der Waals surface area contributed by atoms with Crippen LogP contribution in [0.25, 0.3) is 0 Å². The molecule has 1 fully saturated rings. The predicted molar refractivity (Wildman–Crippen MR) is 227 cm³/mol. The molecule has 5 amide bonds. The van der Waals surface area contributed by atoms with Crippen LogP contribution in [0.3, 0.4) is 0 Å². The predicted octanol–water partition coefficient (Wildman–Crippen LogP) is 3.24. The van der Waals surface area contributed by atoms with Crippen LogP contribution in [0.5, 0.6) is 5.75 Å². The van der Waals surface area contributed by atoms with Gasteiger partial charge in [-0.2, -0.15) is 0 Å². The first kappa shape index (κ1) is 49.9. The van der Waals surface area contributed by atoms with Gasteiger partial charge in [0.05, 0.1) is 31.8 Å². The Bertz CT molecular complexity index is 1690. The second kappa shape index (κ2) is 21.8. The van der Waals surface area contributed by atoms with E-state index in [1.165, 1.54) is 48.9 Å². The van der Waals surface area contributed by atoms with Crippen molar-refractivity contribution in [3.05, 3.63) is 41.5 Å². The van der Waals surface area contributed by atoms with Crippen LogP contribution in [0.4, 0.5) is 0 Å². The third-order valence-corrected chi connectivity index (χ3v) is 12.3. The van der Waals surface area contributed by atoms with E-state index in [-0.39, 0.29) is 36.2 Å². The molecule has 60 heavy (non-hydrogen) atoms. The molecule has 15 heteroatoms. The molecule has 1 saturated heterocycles. The largest absolute Gasteiger partial charge is 0.497 e. The number of rotatable bonds is 6. The van der Waals surface area contributed by atoms with Gasteiger partial charge in [-0.25, -0.2) is 4.79 Å². The van der Waals surface area contributed by atoms with Crippen LogP contribution in [0.1, 0.15) is 100.0 Å². The van der Waals surface area contributed by atoms with E-state index in [9.17, 15) is 39.0 Å². The molecule has 2 aliphatic heterocycles. The average Bonchev–Trinajstić information content (AvgIpc) is 3.71. The zero-order chi connectivity index (χ0) is 45.2. The molecule has 0 aliphatic carbocycles. The van der Waals surface area contributed by atoms with Gasteiger partial charge in [0.25, 0.3) is 0 Å². The standard InChI is InChI=1S/C45H71N5O10/c1-13-27(3)38-43(57)50-20-14-15-35(50)44(58)60-37(45(7,8)9)22-26(2)21-36(52)29(5)40(54)46-32(25-51)23-28(4)39(53)47-34(24-31-16-18-33(59-12)19-17-31)42(56)48(10)30(6)41(55)49(38)11/h16-19,23,26-27,29-30,32,34-38,51-52H,13-15,20-22,24-25H2,1-12H3,(H,46,54)(H,47,53)/b28-23+/t26-,27?,29-,30-,32-,34?,35-,36-,37-,38?/m0/s1. The van der Waals surface area contributed by atoms with Crippen molar-refractivity contribution in [3.8, 4) is 5.75 Å². The summed E-state index contributed by atoms with van der Waals surface area (Å²) < 4.78 is 11.5. The number of aliphatic hydroxyl groups is 2. The van der Waals surface area contributed by atoms with Crippen molar-refractivity contribution in [3.63, 3.8) is 0 Å². The van der Waals surface area contributed by atoms with Crippen molar-refractivity contribution in [1.29, 1.82) is 0 Å². The number of amides is 5. The fraction of sp³-hybridized carbons (Fsp3) is 0.689. The third kappa shape index (κ3) is 12.8. The maximum atomic E-state index is 14.6. The van der Waals surface area contributed by atoms with Crippen LogP contribution >= 0.6 is 0 Å². The number of hydrogen-bond donors (Lipinski definition) is 4. The highest BCUT2D eigenvalue weighted by molar-refractivity contribution is 5.98. The number of carbonyl (C=O) groups is 6. The number of hydrogen-bond acceptors (Lipinski definition) is 10. The smallest absolute Gasteiger partial charge is 0.329 e. The van der Waals surface area contributed by atoms with Crippen LogP contribution in [-0.2, 0) is 39.9 Å². The minimum Gasteiger partial charge on any atom is -0.497 e. The van der Waals surface area contributed by atoms with Crippen molar-refractivity contribution < 1.29 is 48.5 Å². The van der Waals surface area contributed by atoms with E-state index in [0.29, 0.717) is 43.5 Å². The van der Waals surface area contributed by atoms with Crippen molar-refractivity contribution in [2.24, 2.45) is 23.2 Å². The summed E-state index contributed by atoms with van der Waals surface area (Å²) in [7, 11) is 4.53. The van der Waals surface area contributed by atoms with Crippen LogP contribution in [0.2, 0.25) is 0 Å². The highest BCUT2D eigenvalue weighted by Crippen LogP contribution is 2.32. The van der Waals surface area contributed by atoms with E-state index < -0.39 is 90.0 Å². The maximum Gasteiger partial charge on any atom is 0.329 e. The first-order valence-corrected chi connectivity index (χ1v) is 21.3. The first-order valence-electron chi connectivity index (χ1n) is 21.3. The number of cyclic esters (lactones) is 1. The number of ether oxygens (including phenoxy) is 2. The Morgan fingerprint density at radius 2 is 1.57 bits per heavy atom. The lowest BCUT2D eigenvalue weighted by Crippen LogP contribution is -2.59. The number of likely N-dealkylation sites (N-methyl/N-ethyl adjacent to an activating group) is 2. The zero-order valence-corrected chi connectivity index (χ0v) is 37.8. The van der Waals surface area contributed by atoms with Crippen molar-refractivity contribution in [2.45, 2.75) is 143 Å². The van der Waals surface area contributed by atoms with E-state index in [1.54, 1.807) is 38.1 Å². The molecular formula is C45H71N5O10. The summed E-state index contributed by atoms with van der Waals surface area (Å²) in [6.45, 7) is 16.0. The van der Waals surface area contributed by atoms with Crippen LogP contribution in [-0.4, -0.2) is 137 Å². The van der Waals surface area contributed by atoms with Gasteiger partial charge < -0.3 is 45.0 Å². The molecule has 0 aromatic heterocycles. The molecule has 336 valence electrons. The second-order valence-corrected chi connectivity index (χ2v) is 18.0. The highest BCUT2D eigenvalue weighted by Gasteiger charge is 2.44. The van der Waals surface area contributed by atoms with Gasteiger partial charge in [-0.3, -0.25) is 24.0 Å². The van der Waals surface area contributed by atoms with Crippen LogP contribution in [0.15, 0.2) is 35.9 Å². The number of fused-ring (bicyclic) bond motifs is 1. The zero-order valence-electron chi connectivity index (χ0n) is 37.8. The Morgan fingerprint density at radius 1 is 0.933 bits per heavy atom. The van der Waals surface area contributed by atoms with E-state index in [0.717, 1.165) is 0 Å². The first-order chi connectivity index (χ1) is 28.0. The lowest BCUT2D eigenvalue weighted by atomic mass is 9.81. The van der Waals surface area contributed by atoms with Crippen molar-refractivity contribution in [1.82, 2.24) is 25.3 Å². The lowest BCUT2D eigenvalue weighted by molar-refractivity contribution is -0.166. The van der Waals surface area contributed by atoms with Crippen molar-refractivity contribution >= 4 is 35.5 Å². The SMILES string of the molecule is CCC(C)C1C(=O)N2CCC[C@H]2C(=O)O[C@H](C(C)(C)C)C[C@@H](C)C[C@H](O)[C@H](C)C(=O)N[C@H](CO)/C=C(\C)C(=O)NC(Cc2ccc(OC)cc2)C(=O)N(C)[C@@H](C)C(=O)N1C. The Balaban J connectivity index is 2.10. The molecule has 10 atom stereocenters. The fourth-order valence-corrected chi connectivity index (χ4v) is 7.84. The van der Waals surface area contributed by atoms with Gasteiger partial charge in [-0.15, -0.1) is 0 Å². The van der Waals surface area contributed by atoms with Crippen molar-refractivity contribution in [2.75, 3.05) is 34.4 Å². The molecule has 2 aliphatic rings. The van der Waals surface area contributed by atoms with Gasteiger partial charge >= 0.3 is 5.97 Å². The van der Waals surface area contributed by atoms with E-state index in [4.69, 9.17) is 9.47 Å². The molecule has 2 heterocycles. The monoisotopic (exact) mass is 842 g/mol. The van der Waals surface area contributed by atoms with Gasteiger partial charge in [-0.05, 0) is 74.5 Å². The van der Waals surface area contributed by atoms with Crippen LogP contribution < -0.4 is 15.4 Å². The van der Waals surface area contributed by atoms with Gasteiger partial charge in [0.15, 0.2) is 0 Å². The second-order valence-electron chi connectivity index (χ2n) is 18.0. The van der Waals surface area contributed by atoms with E-state index in [1.807, 2.05) is 41.5 Å². The number of methoxy groups -OCH3 is 1. The lowest BCUT2D eigenvalue weighted by Gasteiger charge is -2.39. The average molecular weight is 842 g/mol. The van der Waals surface area contributed by atoms with Gasteiger partial charge in [-0.1, -0.05) is 73.1 Å². The summed E-state index contributed by atoms with van der Waals surface area (Å²) in [6.07, 6.45) is 1.88. The molecular weight excluding hydrogens is 771 g/mol.